The third kappa shape index (κ3) is 14.3. The summed E-state index contributed by atoms with van der Waals surface area (Å²) in [4.78, 5) is 11.9. The molecule has 5 N–H and O–H groups in total. The maximum Gasteiger partial charge on any atom is 0.237 e. The van der Waals surface area contributed by atoms with E-state index in [0.29, 0.717) is 6.42 Å². The minimum absolute atomic E-state index is 0.0634. The third-order valence-corrected chi connectivity index (χ3v) is 3.82. The Bertz CT molecular complexity index is 380. The van der Waals surface area contributed by atoms with Gasteiger partial charge < -0.3 is 11.1 Å². The first-order valence-corrected chi connectivity index (χ1v) is 9.51. The highest BCUT2D eigenvalue weighted by Crippen LogP contribution is 2.03. The number of hydrogen-bond acceptors (Lipinski definition) is 4. The van der Waals surface area contributed by atoms with Gasteiger partial charge in [0, 0.05) is 11.8 Å². The minimum Gasteiger partial charge on any atom is -0.352 e. The number of hydrogen-bond donors (Lipinski definition) is 3. The van der Waals surface area contributed by atoms with Crippen molar-refractivity contribution in [1.82, 2.24) is 5.32 Å². The molecule has 0 aliphatic heterocycles. The van der Waals surface area contributed by atoms with E-state index in [1.807, 2.05) is 19.1 Å². The molecular weight excluding hydrogens is 306 g/mol. The van der Waals surface area contributed by atoms with Crippen LogP contribution in [-0.2, 0) is 4.79 Å². The maximum atomic E-state index is 11.9. The molecule has 0 aliphatic carbocycles. The van der Waals surface area contributed by atoms with Gasteiger partial charge in [-0.2, -0.15) is 0 Å². The van der Waals surface area contributed by atoms with Crippen LogP contribution in [0.3, 0.4) is 0 Å². The number of nitrogens with two attached hydrogens (primary N) is 2. The van der Waals surface area contributed by atoms with Gasteiger partial charge in [-0.15, -0.1) is 0 Å². The molecule has 5 heteroatoms. The van der Waals surface area contributed by atoms with Crippen molar-refractivity contribution in [3.63, 3.8) is 0 Å². The molecule has 2 atom stereocenters. The van der Waals surface area contributed by atoms with Crippen LogP contribution in [0.5, 0.6) is 0 Å². The molecule has 0 radical (unpaired) electrons. The van der Waals surface area contributed by atoms with Gasteiger partial charge in [0.15, 0.2) is 0 Å². The predicted molar refractivity (Wildman–Crippen MR) is 103 cm³/mol. The van der Waals surface area contributed by atoms with Crippen molar-refractivity contribution < 1.29 is 4.79 Å². The number of unbranched alkanes of at least 4 members (excludes halogenated alkanes) is 1. The highest BCUT2D eigenvalue weighted by molar-refractivity contribution is 7.97. The first-order chi connectivity index (χ1) is 11.1. The fourth-order valence-electron chi connectivity index (χ4n) is 1.95. The second-order valence-corrected chi connectivity index (χ2v) is 6.33. The molecule has 4 nitrogen and oxygen atoms in total. The largest absolute Gasteiger partial charge is 0.352 e. The van der Waals surface area contributed by atoms with Gasteiger partial charge in [-0.1, -0.05) is 61.7 Å². The van der Waals surface area contributed by atoms with Gasteiger partial charge in [0.2, 0.25) is 5.91 Å². The van der Waals surface area contributed by atoms with Crippen molar-refractivity contribution in [3.05, 3.63) is 36.5 Å². The van der Waals surface area contributed by atoms with E-state index < -0.39 is 6.04 Å². The fourth-order valence-corrected chi connectivity index (χ4v) is 2.32. The number of carbonyl (C=O) groups is 1. The Labute approximate surface area is 146 Å². The van der Waals surface area contributed by atoms with E-state index in [-0.39, 0.29) is 11.9 Å². The van der Waals surface area contributed by atoms with Crippen LogP contribution in [0.25, 0.3) is 0 Å². The molecule has 0 aliphatic rings. The van der Waals surface area contributed by atoms with Crippen LogP contribution in [0.4, 0.5) is 0 Å². The second-order valence-electron chi connectivity index (χ2n) is 5.59. The van der Waals surface area contributed by atoms with Crippen LogP contribution in [0, 0.1) is 0 Å². The lowest BCUT2D eigenvalue weighted by Crippen LogP contribution is -2.44. The van der Waals surface area contributed by atoms with Gasteiger partial charge in [-0.05, 0) is 39.0 Å². The summed E-state index contributed by atoms with van der Waals surface area (Å²) in [5.74, 6) is 0.851. The maximum absolute atomic E-state index is 11.9. The highest BCUT2D eigenvalue weighted by Gasteiger charge is 2.14. The molecule has 23 heavy (non-hydrogen) atoms. The highest BCUT2D eigenvalue weighted by atomic mass is 32.2. The molecule has 0 bridgehead atoms. The van der Waals surface area contributed by atoms with E-state index in [1.165, 1.54) is 11.9 Å². The zero-order valence-electron chi connectivity index (χ0n) is 14.5. The fraction of sp³-hybridized carbons (Fsp3) is 0.611. The predicted octanol–water partition coefficient (Wildman–Crippen LogP) is 3.45. The van der Waals surface area contributed by atoms with E-state index >= 15 is 0 Å². The Morgan fingerprint density at radius 2 is 1.91 bits per heavy atom. The van der Waals surface area contributed by atoms with E-state index in [1.54, 1.807) is 0 Å². The van der Waals surface area contributed by atoms with E-state index in [9.17, 15) is 4.79 Å². The Balaban J connectivity index is 3.84. The van der Waals surface area contributed by atoms with Gasteiger partial charge >= 0.3 is 0 Å². The monoisotopic (exact) mass is 339 g/mol. The van der Waals surface area contributed by atoms with Crippen molar-refractivity contribution >= 4 is 17.9 Å². The molecule has 1 amide bonds. The quantitative estimate of drug-likeness (QED) is 0.208. The molecule has 0 heterocycles. The average Bonchev–Trinajstić information content (AvgIpc) is 2.53. The summed E-state index contributed by atoms with van der Waals surface area (Å²) >= 11 is 1.33. The standard InChI is InChI=1S/C18H33N3OS/c1-3-4-5-6-7-8-9-10-13-16(2)21-18(22)17(19)14-11-12-15-23-20/h4-5,7-10,16-17H,3,6,11-15,19-20H2,1-2H3,(H,21,22)/b5-4-,8-7-,10-9+. The lowest BCUT2D eigenvalue weighted by molar-refractivity contribution is -0.123. The van der Waals surface area contributed by atoms with Gasteiger partial charge in [0.25, 0.3) is 0 Å². The topological polar surface area (TPSA) is 81.1 Å². The Morgan fingerprint density at radius 1 is 1.17 bits per heavy atom. The van der Waals surface area contributed by atoms with Crippen molar-refractivity contribution in [1.29, 1.82) is 0 Å². The zero-order valence-corrected chi connectivity index (χ0v) is 15.4. The number of nitrogens with one attached hydrogen (secondary N) is 1. The third-order valence-electron chi connectivity index (χ3n) is 3.30. The first kappa shape index (κ1) is 22.0. The smallest absolute Gasteiger partial charge is 0.237 e. The molecule has 0 fully saturated rings. The molecule has 0 rings (SSSR count). The van der Waals surface area contributed by atoms with Gasteiger partial charge in [0.1, 0.15) is 0 Å². The van der Waals surface area contributed by atoms with Gasteiger partial charge in [-0.3, -0.25) is 9.93 Å². The number of rotatable bonds is 13. The molecule has 0 saturated heterocycles. The normalized spacial score (nSPS) is 14.8. The molecule has 2 unspecified atom stereocenters. The molecular formula is C18H33N3OS. The summed E-state index contributed by atoms with van der Waals surface area (Å²) in [5, 5.41) is 8.32. The van der Waals surface area contributed by atoms with Crippen LogP contribution in [0.15, 0.2) is 36.5 Å². The Kier molecular flexibility index (Phi) is 15.1. The van der Waals surface area contributed by atoms with Crippen molar-refractivity contribution in [2.75, 3.05) is 5.75 Å². The molecule has 0 spiro atoms. The number of allylic oxidation sites excluding steroid dienone is 5. The summed E-state index contributed by atoms with van der Waals surface area (Å²) in [6.45, 7) is 4.12. The van der Waals surface area contributed by atoms with E-state index in [2.05, 4.69) is 36.5 Å². The molecule has 0 aromatic rings. The van der Waals surface area contributed by atoms with E-state index in [4.69, 9.17) is 10.9 Å². The number of carbonyl (C=O) groups excluding carboxylic acids is 1. The van der Waals surface area contributed by atoms with Crippen molar-refractivity contribution in [2.24, 2.45) is 10.9 Å². The van der Waals surface area contributed by atoms with Gasteiger partial charge in [0.05, 0.1) is 6.04 Å². The molecule has 0 aromatic carbocycles. The molecule has 0 saturated carbocycles. The summed E-state index contributed by atoms with van der Waals surface area (Å²) in [5.41, 5.74) is 5.90. The van der Waals surface area contributed by atoms with E-state index in [0.717, 1.165) is 37.9 Å². The summed E-state index contributed by atoms with van der Waals surface area (Å²) in [6, 6.07) is -0.327. The lowest BCUT2D eigenvalue weighted by Gasteiger charge is -2.16. The number of amides is 1. The molecule has 0 aromatic heterocycles. The van der Waals surface area contributed by atoms with Crippen molar-refractivity contribution in [3.8, 4) is 0 Å². The summed E-state index contributed by atoms with van der Waals surface area (Å²) in [7, 11) is 0. The van der Waals surface area contributed by atoms with Crippen LogP contribution >= 0.6 is 11.9 Å². The zero-order chi connectivity index (χ0) is 17.3. The van der Waals surface area contributed by atoms with Crippen LogP contribution in [0.2, 0.25) is 0 Å². The lowest BCUT2D eigenvalue weighted by atomic mass is 10.1. The average molecular weight is 340 g/mol. The Morgan fingerprint density at radius 3 is 2.61 bits per heavy atom. The van der Waals surface area contributed by atoms with Crippen LogP contribution in [-0.4, -0.2) is 23.7 Å². The van der Waals surface area contributed by atoms with Crippen molar-refractivity contribution in [2.45, 2.75) is 64.5 Å². The molecule has 132 valence electrons. The second kappa shape index (κ2) is 15.8. The Hall–Kier alpha value is -1.04. The van der Waals surface area contributed by atoms with Gasteiger partial charge in [-0.25, -0.2) is 0 Å². The minimum atomic E-state index is -0.422. The SMILES string of the molecule is CC/C=C\C/C=C\C=C\CC(C)NC(=O)C(N)CCCCSN. The summed E-state index contributed by atoms with van der Waals surface area (Å²) < 4.78 is 0. The summed E-state index contributed by atoms with van der Waals surface area (Å²) in [6.07, 6.45) is 18.0. The first-order valence-electron chi connectivity index (χ1n) is 8.46. The van der Waals surface area contributed by atoms with Crippen LogP contribution < -0.4 is 16.2 Å². The van der Waals surface area contributed by atoms with Crippen LogP contribution in [0.1, 0.15) is 52.4 Å².